The second kappa shape index (κ2) is 17.0. The molecule has 11 aromatic rings. The minimum absolute atomic E-state index is 0.0457. The van der Waals surface area contributed by atoms with Gasteiger partial charge in [-0.05, 0) is 146 Å². The molecule has 0 unspecified atom stereocenters. The minimum Gasteiger partial charge on any atom is -0.311 e. The van der Waals surface area contributed by atoms with Gasteiger partial charge in [-0.3, -0.25) is 0 Å². The van der Waals surface area contributed by atoms with Crippen molar-refractivity contribution in [3.05, 3.63) is 273 Å². The summed E-state index contributed by atoms with van der Waals surface area (Å²) in [6, 6.07) is 97.7. The summed E-state index contributed by atoms with van der Waals surface area (Å²) in [6.07, 6.45) is 0. The monoisotopic (exact) mass is 978 g/mol. The van der Waals surface area contributed by atoms with Crippen molar-refractivity contribution in [1.29, 1.82) is 0 Å². The molecule has 74 heavy (non-hydrogen) atoms. The quantitative estimate of drug-likeness (QED) is 0.116. The maximum absolute atomic E-state index is 7.53. The van der Waals surface area contributed by atoms with Crippen molar-refractivity contribution in [2.24, 2.45) is 0 Å². The van der Waals surface area contributed by atoms with Crippen LogP contribution in [0.2, 0.25) is 0 Å². The second-order valence-electron chi connectivity index (χ2n) is 19.5. The Hall–Kier alpha value is -8.60. The van der Waals surface area contributed by atoms with Gasteiger partial charge < -0.3 is 19.6 Å². The van der Waals surface area contributed by atoms with E-state index in [4.69, 9.17) is 11.8 Å². The van der Waals surface area contributed by atoms with Gasteiger partial charge in [-0.15, -0.1) is 0 Å². The van der Waals surface area contributed by atoms with Gasteiger partial charge in [0.15, 0.2) is 0 Å². The predicted octanol–water partition coefficient (Wildman–Crippen LogP) is 11.6. The molecular weight excluding hydrogens is 933 g/mol. The molecule has 0 aromatic heterocycles. The fourth-order valence-electron chi connectivity index (χ4n) is 12.7. The molecule has 15 rings (SSSR count). The number of hydrogen-bond acceptors (Lipinski definition) is 5. The van der Waals surface area contributed by atoms with E-state index < -0.39 is 6.04 Å². The summed E-state index contributed by atoms with van der Waals surface area (Å²) >= 11 is 7.53. The first-order chi connectivity index (χ1) is 36.6. The Morgan fingerprint density at radius 3 is 0.878 bits per heavy atom. The molecule has 0 radical (unpaired) electrons. The number of rotatable bonds is 7. The number of nitrogens with zero attached hydrogens (tertiary/aromatic N) is 4. The van der Waals surface area contributed by atoms with Gasteiger partial charge in [0, 0.05) is 74.3 Å². The molecule has 0 spiro atoms. The fourth-order valence-corrected chi connectivity index (χ4v) is 16.4. The van der Waals surface area contributed by atoms with Crippen LogP contribution in [0.25, 0.3) is 0 Å². The first-order valence-electron chi connectivity index (χ1n) is 25.4. The van der Waals surface area contributed by atoms with E-state index >= 15 is 0 Å². The lowest BCUT2D eigenvalue weighted by atomic mass is 9.33. The molecule has 0 amide bonds. The largest absolute Gasteiger partial charge is 0.311 e. The Bertz CT molecular complexity index is 3780. The first-order valence-corrected chi connectivity index (χ1v) is 28.2. The third-order valence-corrected chi connectivity index (χ3v) is 20.6. The fraction of sp³-hybridized carbons (Fsp3) is 0. The van der Waals surface area contributed by atoms with E-state index in [1.54, 1.807) is 0 Å². The van der Waals surface area contributed by atoms with Gasteiger partial charge in [-0.1, -0.05) is 188 Å². The number of fused-ring (bicyclic) bond motifs is 8. The van der Waals surface area contributed by atoms with Crippen molar-refractivity contribution >= 4 is 148 Å². The SMILES string of the molecule is S=P(c1ccccc1)(c1ccc2c(c1)B1c3ccccc3N(c3ccccc3)c3cccc(c31)N2c1ccccc1)c1ccc2c(c1)B1c3ccccc3N(c3ccccc3)c3cccc(c31)N2c1ccccc1. The summed E-state index contributed by atoms with van der Waals surface area (Å²) in [5, 5.41) is 3.51. The highest BCUT2D eigenvalue weighted by Gasteiger charge is 2.46. The number of benzene rings is 11. The lowest BCUT2D eigenvalue weighted by molar-refractivity contribution is 1.25. The van der Waals surface area contributed by atoms with Crippen molar-refractivity contribution in [2.45, 2.75) is 0 Å². The van der Waals surface area contributed by atoms with Crippen LogP contribution in [0.3, 0.4) is 0 Å². The minimum atomic E-state index is -2.80. The van der Waals surface area contributed by atoms with Crippen molar-refractivity contribution in [1.82, 2.24) is 0 Å². The van der Waals surface area contributed by atoms with E-state index in [9.17, 15) is 0 Å². The zero-order valence-corrected chi connectivity index (χ0v) is 42.0. The number of hydrogen-bond donors (Lipinski definition) is 0. The Morgan fingerprint density at radius 2 is 0.527 bits per heavy atom. The topological polar surface area (TPSA) is 13.0 Å². The normalized spacial score (nSPS) is 13.6. The summed E-state index contributed by atoms with van der Waals surface area (Å²) in [5.41, 5.74) is 21.6. The summed E-state index contributed by atoms with van der Waals surface area (Å²) in [7, 11) is 0. The van der Waals surface area contributed by atoms with Crippen molar-refractivity contribution in [2.75, 3.05) is 19.6 Å². The molecule has 11 aromatic carbocycles. The van der Waals surface area contributed by atoms with E-state index in [1.165, 1.54) is 94.2 Å². The van der Waals surface area contributed by atoms with Crippen LogP contribution in [0.4, 0.5) is 68.2 Å². The predicted molar refractivity (Wildman–Crippen MR) is 321 cm³/mol. The highest BCUT2D eigenvalue weighted by molar-refractivity contribution is 8.25. The van der Waals surface area contributed by atoms with Gasteiger partial charge >= 0.3 is 0 Å². The Kier molecular flexibility index (Phi) is 9.88. The first kappa shape index (κ1) is 43.0. The molecule has 346 valence electrons. The highest BCUT2D eigenvalue weighted by Crippen LogP contribution is 2.49. The van der Waals surface area contributed by atoms with Crippen LogP contribution in [0, 0.1) is 0 Å². The van der Waals surface area contributed by atoms with E-state index in [2.05, 4.69) is 293 Å². The molecule has 0 fully saturated rings. The van der Waals surface area contributed by atoms with E-state index in [1.807, 2.05) is 0 Å². The summed E-state index contributed by atoms with van der Waals surface area (Å²) in [5.74, 6) is 0. The van der Waals surface area contributed by atoms with Crippen molar-refractivity contribution in [3.8, 4) is 0 Å². The summed E-state index contributed by atoms with van der Waals surface area (Å²) < 4.78 is 0. The molecule has 0 saturated carbocycles. The molecule has 0 aliphatic carbocycles. The maximum atomic E-state index is 7.53. The Labute approximate surface area is 438 Å². The Morgan fingerprint density at radius 1 is 0.243 bits per heavy atom. The van der Waals surface area contributed by atoms with Gasteiger partial charge in [-0.2, -0.15) is 0 Å². The molecule has 4 aliphatic rings. The second-order valence-corrected chi connectivity index (χ2v) is 23.9. The highest BCUT2D eigenvalue weighted by atomic mass is 32.4. The number of anilines is 12. The van der Waals surface area contributed by atoms with Crippen LogP contribution in [-0.2, 0) is 11.8 Å². The van der Waals surface area contributed by atoms with Crippen molar-refractivity contribution < 1.29 is 0 Å². The van der Waals surface area contributed by atoms with Crippen LogP contribution in [0.5, 0.6) is 0 Å². The Balaban J connectivity index is 0.976. The van der Waals surface area contributed by atoms with Gasteiger partial charge in [-0.25, -0.2) is 0 Å². The number of para-hydroxylation sites is 6. The third-order valence-electron chi connectivity index (χ3n) is 15.7. The average molecular weight is 979 g/mol. The zero-order chi connectivity index (χ0) is 48.9. The van der Waals surface area contributed by atoms with Gasteiger partial charge in [0.1, 0.15) is 0 Å². The van der Waals surface area contributed by atoms with Crippen LogP contribution < -0.4 is 68.3 Å². The van der Waals surface area contributed by atoms with E-state index in [0.29, 0.717) is 0 Å². The zero-order valence-electron chi connectivity index (χ0n) is 40.3. The smallest absolute Gasteiger partial charge is 0.252 e. The molecule has 4 heterocycles. The molecular formula is C66H45B2N4PS. The molecule has 8 heteroatoms. The van der Waals surface area contributed by atoms with E-state index in [-0.39, 0.29) is 13.4 Å². The van der Waals surface area contributed by atoms with Gasteiger partial charge in [0.25, 0.3) is 13.4 Å². The summed E-state index contributed by atoms with van der Waals surface area (Å²) in [6.45, 7) is -0.0913. The van der Waals surface area contributed by atoms with Crippen LogP contribution >= 0.6 is 6.04 Å². The van der Waals surface area contributed by atoms with Crippen LogP contribution in [0.15, 0.2) is 273 Å². The summed E-state index contributed by atoms with van der Waals surface area (Å²) in [4.78, 5) is 9.86. The molecule has 0 atom stereocenters. The van der Waals surface area contributed by atoms with E-state index in [0.717, 1.165) is 22.7 Å². The lowest BCUT2D eigenvalue weighted by Gasteiger charge is -2.44. The molecule has 0 saturated heterocycles. The lowest BCUT2D eigenvalue weighted by Crippen LogP contribution is -2.62. The average Bonchev–Trinajstić information content (AvgIpc) is 3.50. The molecule has 4 nitrogen and oxygen atoms in total. The molecule has 4 aliphatic heterocycles. The maximum Gasteiger partial charge on any atom is 0.252 e. The standard InChI is InChI=1S/C66H45B2N4PS/c74-73(50-30-14-5-15-31-50,51-40-42-59-55(44-51)67-53-32-16-18-34-57(53)69(46-22-6-1-7-23-46)61-36-20-38-63(65(61)67)71(59)48-26-10-3-11-27-48)52-41-43-60-56(45-52)68-54-33-17-19-35-58(54)70(47-24-8-2-9-25-47)62-37-21-39-64(66(62)68)72(60)49-28-12-4-13-29-49/h1-45H. The molecule has 0 N–H and O–H groups in total. The van der Waals surface area contributed by atoms with Crippen LogP contribution in [0.1, 0.15) is 0 Å². The molecule has 0 bridgehead atoms. The third kappa shape index (κ3) is 6.34. The van der Waals surface area contributed by atoms with Gasteiger partial charge in [0.05, 0.1) is 0 Å². The van der Waals surface area contributed by atoms with Crippen molar-refractivity contribution in [3.63, 3.8) is 0 Å². The van der Waals surface area contributed by atoms with Crippen LogP contribution in [-0.4, -0.2) is 13.4 Å². The van der Waals surface area contributed by atoms with Gasteiger partial charge in [0.2, 0.25) is 0 Å².